The number of hydrogen-bond donors (Lipinski definition) is 3. The van der Waals surface area contributed by atoms with Crippen LogP contribution in [-0.2, 0) is 0 Å². The van der Waals surface area contributed by atoms with E-state index in [1.165, 1.54) is 31.7 Å². The maximum absolute atomic E-state index is 14.0. The summed E-state index contributed by atoms with van der Waals surface area (Å²) < 4.78 is 14.0. The fourth-order valence-corrected chi connectivity index (χ4v) is 3.85. The zero-order valence-corrected chi connectivity index (χ0v) is 11.5. The van der Waals surface area contributed by atoms with Crippen molar-refractivity contribution in [3.05, 3.63) is 16.9 Å². The number of hydrogen-bond acceptors (Lipinski definition) is 3. The average Bonchev–Trinajstić information content (AvgIpc) is 2.98. The van der Waals surface area contributed by atoms with Crippen molar-refractivity contribution in [3.63, 3.8) is 0 Å². The van der Waals surface area contributed by atoms with Crippen molar-refractivity contribution in [2.45, 2.75) is 25.7 Å². The molecule has 19 heavy (non-hydrogen) atoms. The van der Waals surface area contributed by atoms with Gasteiger partial charge in [0, 0.05) is 6.54 Å². The molecule has 0 saturated heterocycles. The van der Waals surface area contributed by atoms with Gasteiger partial charge in [0.2, 0.25) is 0 Å². The second-order valence-electron chi connectivity index (χ2n) is 5.87. The molecule has 1 aromatic rings. The second-order valence-corrected chi connectivity index (χ2v) is 6.25. The molecule has 0 heterocycles. The maximum atomic E-state index is 14.0. The SMILES string of the molecule is Nc1cc(N)c(NCC2CC3CCC2C3)c(F)c1Cl. The van der Waals surface area contributed by atoms with E-state index < -0.39 is 5.82 Å². The Labute approximate surface area is 117 Å². The first-order valence-corrected chi connectivity index (χ1v) is 7.21. The molecule has 2 fully saturated rings. The van der Waals surface area contributed by atoms with Gasteiger partial charge in [0.05, 0.1) is 17.1 Å². The van der Waals surface area contributed by atoms with Crippen molar-refractivity contribution in [1.82, 2.24) is 0 Å². The van der Waals surface area contributed by atoms with E-state index in [0.29, 0.717) is 17.3 Å². The summed E-state index contributed by atoms with van der Waals surface area (Å²) in [5.41, 5.74) is 12.2. The molecule has 3 unspecified atom stereocenters. The van der Waals surface area contributed by atoms with Crippen molar-refractivity contribution < 1.29 is 4.39 Å². The first kappa shape index (κ1) is 12.9. The standard InChI is InChI=1S/C14H19ClFN3/c15-12-10(17)5-11(18)14(13(12)16)19-6-9-4-7-1-2-8(9)3-7/h5,7-9,19H,1-4,6,17-18H2. The number of nitrogen functional groups attached to an aromatic ring is 2. The molecule has 2 saturated carbocycles. The molecule has 2 aliphatic rings. The molecule has 0 aromatic heterocycles. The Kier molecular flexibility index (Phi) is 3.21. The van der Waals surface area contributed by atoms with Crippen LogP contribution >= 0.6 is 11.6 Å². The third-order valence-electron chi connectivity index (χ3n) is 4.69. The molecule has 5 heteroatoms. The summed E-state index contributed by atoms with van der Waals surface area (Å²) in [5.74, 6) is 1.77. The average molecular weight is 284 g/mol. The number of nitrogens with one attached hydrogen (secondary N) is 1. The Hall–Kier alpha value is -1.16. The van der Waals surface area contributed by atoms with Crippen LogP contribution in [-0.4, -0.2) is 6.54 Å². The Morgan fingerprint density at radius 2 is 2.05 bits per heavy atom. The van der Waals surface area contributed by atoms with Gasteiger partial charge in [-0.1, -0.05) is 18.0 Å². The molecular formula is C14H19ClFN3. The predicted octanol–water partition coefficient (Wildman–Crippen LogP) is 3.49. The highest BCUT2D eigenvalue weighted by molar-refractivity contribution is 6.33. The van der Waals surface area contributed by atoms with Crippen LogP contribution in [0.2, 0.25) is 5.02 Å². The molecule has 0 amide bonds. The van der Waals surface area contributed by atoms with Crippen LogP contribution in [0.5, 0.6) is 0 Å². The molecule has 2 bridgehead atoms. The van der Waals surface area contributed by atoms with Crippen molar-refractivity contribution in [3.8, 4) is 0 Å². The maximum Gasteiger partial charge on any atom is 0.169 e. The lowest BCUT2D eigenvalue weighted by atomic mass is 9.89. The summed E-state index contributed by atoms with van der Waals surface area (Å²) >= 11 is 5.82. The zero-order chi connectivity index (χ0) is 13.6. The van der Waals surface area contributed by atoms with Gasteiger partial charge in [0.15, 0.2) is 5.82 Å². The third-order valence-corrected chi connectivity index (χ3v) is 5.08. The fourth-order valence-electron chi connectivity index (χ4n) is 3.71. The predicted molar refractivity (Wildman–Crippen MR) is 77.7 cm³/mol. The first-order chi connectivity index (χ1) is 9.06. The second kappa shape index (κ2) is 4.75. The van der Waals surface area contributed by atoms with Gasteiger partial charge >= 0.3 is 0 Å². The molecule has 0 aliphatic heterocycles. The van der Waals surface area contributed by atoms with Crippen molar-refractivity contribution in [1.29, 1.82) is 0 Å². The molecule has 3 nitrogen and oxygen atoms in total. The molecule has 104 valence electrons. The van der Waals surface area contributed by atoms with Gasteiger partial charge in [-0.2, -0.15) is 0 Å². The van der Waals surface area contributed by atoms with Crippen LogP contribution in [0.25, 0.3) is 0 Å². The number of fused-ring (bicyclic) bond motifs is 2. The largest absolute Gasteiger partial charge is 0.397 e. The summed E-state index contributed by atoms with van der Waals surface area (Å²) in [4.78, 5) is 0. The smallest absolute Gasteiger partial charge is 0.169 e. The van der Waals surface area contributed by atoms with Gasteiger partial charge in [0.25, 0.3) is 0 Å². The topological polar surface area (TPSA) is 64.1 Å². The number of nitrogens with two attached hydrogens (primary N) is 2. The number of rotatable bonds is 3. The van der Waals surface area contributed by atoms with E-state index in [9.17, 15) is 4.39 Å². The van der Waals surface area contributed by atoms with Crippen molar-refractivity contribution >= 4 is 28.7 Å². The van der Waals surface area contributed by atoms with Gasteiger partial charge in [-0.05, 0) is 43.1 Å². The first-order valence-electron chi connectivity index (χ1n) is 6.83. The third kappa shape index (κ3) is 2.22. The van der Waals surface area contributed by atoms with E-state index in [-0.39, 0.29) is 10.7 Å². The molecule has 1 aromatic carbocycles. The highest BCUT2D eigenvalue weighted by Crippen LogP contribution is 2.48. The summed E-state index contributed by atoms with van der Waals surface area (Å²) in [6.45, 7) is 0.766. The van der Waals surface area contributed by atoms with Crippen molar-refractivity contribution in [2.24, 2.45) is 17.8 Å². The van der Waals surface area contributed by atoms with E-state index in [2.05, 4.69) is 5.32 Å². The lowest BCUT2D eigenvalue weighted by molar-refractivity contribution is 0.348. The lowest BCUT2D eigenvalue weighted by Gasteiger charge is -2.23. The Balaban J connectivity index is 1.72. The molecule has 0 spiro atoms. The van der Waals surface area contributed by atoms with E-state index >= 15 is 0 Å². The minimum Gasteiger partial charge on any atom is -0.397 e. The van der Waals surface area contributed by atoms with Gasteiger partial charge in [-0.25, -0.2) is 4.39 Å². The van der Waals surface area contributed by atoms with Gasteiger partial charge in [-0.15, -0.1) is 0 Å². The fraction of sp³-hybridized carbons (Fsp3) is 0.571. The highest BCUT2D eigenvalue weighted by atomic mass is 35.5. The lowest BCUT2D eigenvalue weighted by Crippen LogP contribution is -2.21. The van der Waals surface area contributed by atoms with E-state index in [1.54, 1.807) is 0 Å². The Bertz CT molecular complexity index is 506. The van der Waals surface area contributed by atoms with Gasteiger partial charge < -0.3 is 16.8 Å². The highest BCUT2D eigenvalue weighted by Gasteiger charge is 2.39. The monoisotopic (exact) mass is 283 g/mol. The van der Waals surface area contributed by atoms with Gasteiger partial charge in [-0.3, -0.25) is 0 Å². The van der Waals surface area contributed by atoms with Gasteiger partial charge in [0.1, 0.15) is 5.02 Å². The molecule has 0 radical (unpaired) electrons. The number of halogens is 2. The zero-order valence-electron chi connectivity index (χ0n) is 10.8. The Morgan fingerprint density at radius 1 is 1.26 bits per heavy atom. The molecule has 2 aliphatic carbocycles. The minimum atomic E-state index is -0.540. The summed E-state index contributed by atoms with van der Waals surface area (Å²) in [6, 6.07) is 1.51. The van der Waals surface area contributed by atoms with Crippen LogP contribution in [0.1, 0.15) is 25.7 Å². The van der Waals surface area contributed by atoms with E-state index in [1.807, 2.05) is 0 Å². The normalized spacial score (nSPS) is 28.8. The van der Waals surface area contributed by atoms with Crippen LogP contribution in [0.4, 0.5) is 21.5 Å². The summed E-state index contributed by atoms with van der Waals surface area (Å²) in [5, 5.41) is 3.08. The quantitative estimate of drug-likeness (QED) is 0.744. The summed E-state index contributed by atoms with van der Waals surface area (Å²) in [7, 11) is 0. The number of anilines is 3. The van der Waals surface area contributed by atoms with E-state index in [4.69, 9.17) is 23.1 Å². The molecule has 3 atom stereocenters. The summed E-state index contributed by atoms with van der Waals surface area (Å²) in [6.07, 6.45) is 5.28. The van der Waals surface area contributed by atoms with Crippen molar-refractivity contribution in [2.75, 3.05) is 23.3 Å². The Morgan fingerprint density at radius 3 is 2.68 bits per heavy atom. The molecule has 5 N–H and O–H groups in total. The van der Waals surface area contributed by atoms with Crippen LogP contribution in [0.15, 0.2) is 6.07 Å². The number of benzene rings is 1. The van der Waals surface area contributed by atoms with E-state index in [0.717, 1.165) is 18.4 Å². The van der Waals surface area contributed by atoms with Crippen LogP contribution in [0, 0.1) is 23.6 Å². The molecule has 3 rings (SSSR count). The minimum absolute atomic E-state index is 0.0513. The van der Waals surface area contributed by atoms with Crippen LogP contribution < -0.4 is 16.8 Å². The molecular weight excluding hydrogens is 265 g/mol. The van der Waals surface area contributed by atoms with Crippen LogP contribution in [0.3, 0.4) is 0 Å².